The van der Waals surface area contributed by atoms with Crippen LogP contribution in [0.4, 0.5) is 0 Å². The Morgan fingerprint density at radius 3 is 1.42 bits per heavy atom. The van der Waals surface area contributed by atoms with Crippen LogP contribution in [0.1, 0.15) is 43.6 Å². The number of aromatic nitrogens is 3. The summed E-state index contributed by atoms with van der Waals surface area (Å²) in [4.78, 5) is 15.9. The highest BCUT2D eigenvalue weighted by atomic mass is 16.3. The van der Waals surface area contributed by atoms with Crippen LogP contribution < -0.4 is 0 Å². The Balaban J connectivity index is 0.920. The predicted molar refractivity (Wildman–Crippen MR) is 286 cm³/mol. The second kappa shape index (κ2) is 17.3. The lowest BCUT2D eigenvalue weighted by atomic mass is 9.84. The summed E-state index contributed by atoms with van der Waals surface area (Å²) >= 11 is 0. The Hall–Kier alpha value is -8.47. The lowest BCUT2D eigenvalue weighted by Crippen LogP contribution is -2.03. The first-order valence-corrected chi connectivity index (χ1v) is 24.2. The monoisotopic (exact) mass is 885 g/mol. The van der Waals surface area contributed by atoms with Crippen LogP contribution in [0.15, 0.2) is 223 Å². The molecule has 2 heterocycles. The number of furan rings is 1. The first-order valence-electron chi connectivity index (χ1n) is 24.2. The zero-order valence-corrected chi connectivity index (χ0v) is 38.1. The second-order valence-corrected chi connectivity index (χ2v) is 18.7. The quantitative estimate of drug-likeness (QED) is 0.153. The van der Waals surface area contributed by atoms with Crippen molar-refractivity contribution in [2.75, 3.05) is 0 Å². The van der Waals surface area contributed by atoms with Crippen molar-refractivity contribution in [2.45, 2.75) is 38.0 Å². The topological polar surface area (TPSA) is 51.8 Å². The van der Waals surface area contributed by atoms with Gasteiger partial charge in [0.2, 0.25) is 0 Å². The Labute approximate surface area is 401 Å². The molecule has 0 spiro atoms. The highest BCUT2D eigenvalue weighted by molar-refractivity contribution is 6.06. The summed E-state index contributed by atoms with van der Waals surface area (Å²) < 4.78 is 6.58. The smallest absolute Gasteiger partial charge is 0.164 e. The van der Waals surface area contributed by atoms with Crippen molar-refractivity contribution in [3.63, 3.8) is 0 Å². The third-order valence-electron chi connectivity index (χ3n) is 14.2. The molecule has 1 aliphatic carbocycles. The summed E-state index contributed by atoms with van der Waals surface area (Å²) in [6.45, 7) is 0. The third kappa shape index (κ3) is 7.94. The van der Waals surface area contributed by atoms with E-state index in [9.17, 15) is 0 Å². The fourth-order valence-corrected chi connectivity index (χ4v) is 10.5. The van der Waals surface area contributed by atoms with Gasteiger partial charge in [-0.1, -0.05) is 171 Å². The Bertz CT molecular complexity index is 3830. The molecule has 2 aromatic heterocycles. The van der Waals surface area contributed by atoms with Crippen molar-refractivity contribution in [3.8, 4) is 78.7 Å². The second-order valence-electron chi connectivity index (χ2n) is 18.7. The molecule has 13 rings (SSSR count). The van der Waals surface area contributed by atoms with Gasteiger partial charge < -0.3 is 4.42 Å². The lowest BCUT2D eigenvalue weighted by Gasteiger charge is -2.21. The molecule has 1 aliphatic rings. The molecule has 1 fully saturated rings. The van der Waals surface area contributed by atoms with Gasteiger partial charge >= 0.3 is 0 Å². The van der Waals surface area contributed by atoms with E-state index in [2.05, 4.69) is 218 Å². The highest BCUT2D eigenvalue weighted by Crippen LogP contribution is 2.39. The van der Waals surface area contributed by atoms with E-state index < -0.39 is 0 Å². The van der Waals surface area contributed by atoms with Gasteiger partial charge in [0, 0.05) is 27.5 Å². The highest BCUT2D eigenvalue weighted by Gasteiger charge is 2.20. The van der Waals surface area contributed by atoms with E-state index in [0.717, 1.165) is 66.6 Å². The molecule has 10 aromatic carbocycles. The number of nitrogens with zero attached hydrogens (tertiary/aromatic N) is 3. The molecule has 4 nitrogen and oxygen atoms in total. The van der Waals surface area contributed by atoms with Crippen molar-refractivity contribution in [1.29, 1.82) is 0 Å². The average molecular weight is 886 g/mol. The van der Waals surface area contributed by atoms with Gasteiger partial charge in [0.25, 0.3) is 0 Å². The minimum absolute atomic E-state index is 0.588. The van der Waals surface area contributed by atoms with E-state index in [1.54, 1.807) is 0 Å². The van der Waals surface area contributed by atoms with E-state index in [1.165, 1.54) is 75.7 Å². The third-order valence-corrected chi connectivity index (χ3v) is 14.2. The lowest BCUT2D eigenvalue weighted by molar-refractivity contribution is 0.444. The fourth-order valence-electron chi connectivity index (χ4n) is 10.5. The van der Waals surface area contributed by atoms with E-state index in [4.69, 9.17) is 19.4 Å². The molecule has 0 aliphatic heterocycles. The summed E-state index contributed by atoms with van der Waals surface area (Å²) in [5.74, 6) is 2.41. The summed E-state index contributed by atoms with van der Waals surface area (Å²) in [6.07, 6.45) is 6.47. The molecular weight excluding hydrogens is 839 g/mol. The van der Waals surface area contributed by atoms with Gasteiger partial charge in [-0.2, -0.15) is 0 Å². The van der Waals surface area contributed by atoms with E-state index in [-0.39, 0.29) is 0 Å². The van der Waals surface area contributed by atoms with E-state index in [1.807, 2.05) is 0 Å². The Morgan fingerprint density at radius 1 is 0.290 bits per heavy atom. The summed E-state index contributed by atoms with van der Waals surface area (Å²) in [7, 11) is 0. The number of rotatable bonds is 8. The molecular formula is C65H47N3O. The zero-order chi connectivity index (χ0) is 45.7. The average Bonchev–Trinajstić information content (AvgIpc) is 3.80. The standard InChI is InChI=1S/C65H47N3O/c1-4-13-42(14-5-1)53-30-32-61-60(40-53)59-31-29-55(41-62(59)69-61)64-66-63(67-65(68-64)58-38-56(43-15-6-2-7-16-43)37-57(39-58)44-17-8-3-9-18-44)54-22-12-21-47(36-54)48-25-26-52-35-51(28-27-50(52)34-48)49-24-23-45-19-10-11-20-46(45)33-49/h2-3,6-12,15-42H,1,4-5,13-14H2. The van der Waals surface area contributed by atoms with Gasteiger partial charge in [-0.05, 0) is 157 Å². The molecule has 12 aromatic rings. The van der Waals surface area contributed by atoms with Gasteiger partial charge in [-0.15, -0.1) is 0 Å². The van der Waals surface area contributed by atoms with Crippen molar-refractivity contribution in [3.05, 3.63) is 224 Å². The van der Waals surface area contributed by atoms with Crippen molar-refractivity contribution in [2.24, 2.45) is 0 Å². The molecule has 0 unspecified atom stereocenters. The van der Waals surface area contributed by atoms with Crippen molar-refractivity contribution in [1.82, 2.24) is 15.0 Å². The Morgan fingerprint density at radius 2 is 0.768 bits per heavy atom. The Kier molecular flexibility index (Phi) is 10.2. The van der Waals surface area contributed by atoms with Gasteiger partial charge in [-0.3, -0.25) is 0 Å². The SMILES string of the molecule is c1ccc(-c2cc(-c3ccccc3)cc(-c3nc(-c4cccc(-c5ccc6cc(-c7ccc8ccccc8c7)ccc6c5)c4)nc(-c4ccc5c(c4)oc4ccc(C6CCCCC6)cc45)n3)c2)cc1. The van der Waals surface area contributed by atoms with Gasteiger partial charge in [0.05, 0.1) is 0 Å². The van der Waals surface area contributed by atoms with Crippen molar-refractivity contribution < 1.29 is 4.42 Å². The maximum atomic E-state index is 6.58. The van der Waals surface area contributed by atoms with Crippen LogP contribution in [0.25, 0.3) is 122 Å². The normalized spacial score (nSPS) is 13.2. The first-order chi connectivity index (χ1) is 34.1. The van der Waals surface area contributed by atoms with Crippen LogP contribution >= 0.6 is 0 Å². The van der Waals surface area contributed by atoms with Crippen LogP contribution in [0, 0.1) is 0 Å². The predicted octanol–water partition coefficient (Wildman–Crippen LogP) is 17.8. The molecule has 0 bridgehead atoms. The molecule has 0 saturated heterocycles. The molecule has 69 heavy (non-hydrogen) atoms. The number of fused-ring (bicyclic) bond motifs is 5. The van der Waals surface area contributed by atoms with Gasteiger partial charge in [0.1, 0.15) is 11.2 Å². The summed E-state index contributed by atoms with van der Waals surface area (Å²) in [6, 6.07) is 78.2. The van der Waals surface area contributed by atoms with Crippen LogP contribution in [0.5, 0.6) is 0 Å². The molecule has 0 amide bonds. The van der Waals surface area contributed by atoms with Crippen LogP contribution in [0.2, 0.25) is 0 Å². The van der Waals surface area contributed by atoms with Crippen LogP contribution in [0.3, 0.4) is 0 Å². The molecule has 0 N–H and O–H groups in total. The van der Waals surface area contributed by atoms with Crippen LogP contribution in [-0.4, -0.2) is 15.0 Å². The fraction of sp³-hybridized carbons (Fsp3) is 0.0923. The van der Waals surface area contributed by atoms with E-state index in [0.29, 0.717) is 23.4 Å². The molecule has 4 heteroatoms. The van der Waals surface area contributed by atoms with Crippen molar-refractivity contribution >= 4 is 43.5 Å². The molecule has 0 radical (unpaired) electrons. The maximum absolute atomic E-state index is 6.58. The number of benzene rings is 10. The minimum atomic E-state index is 0.588. The maximum Gasteiger partial charge on any atom is 0.164 e. The molecule has 1 saturated carbocycles. The zero-order valence-electron chi connectivity index (χ0n) is 38.1. The van der Waals surface area contributed by atoms with E-state index >= 15 is 0 Å². The summed E-state index contributed by atoms with van der Waals surface area (Å²) in [5, 5.41) is 7.16. The largest absolute Gasteiger partial charge is 0.456 e. The number of hydrogen-bond acceptors (Lipinski definition) is 4. The van der Waals surface area contributed by atoms with Gasteiger partial charge in [-0.25, -0.2) is 15.0 Å². The molecule has 0 atom stereocenters. The minimum Gasteiger partial charge on any atom is -0.456 e. The van der Waals surface area contributed by atoms with Crippen LogP contribution in [-0.2, 0) is 0 Å². The number of hydrogen-bond donors (Lipinski definition) is 0. The molecule has 328 valence electrons. The van der Waals surface area contributed by atoms with Gasteiger partial charge in [0.15, 0.2) is 17.5 Å². The first kappa shape index (κ1) is 40.8. The summed E-state index contributed by atoms with van der Waals surface area (Å²) in [5.41, 5.74) is 14.9.